The summed E-state index contributed by atoms with van der Waals surface area (Å²) in [6.07, 6.45) is -4.73. The van der Waals surface area contributed by atoms with Crippen LogP contribution in [0.15, 0.2) is 28.8 Å². The number of nitrogens with two attached hydrogens (primary N) is 2. The molecule has 1 unspecified atom stereocenters. The summed E-state index contributed by atoms with van der Waals surface area (Å²) < 4.78 is 44.6. The van der Waals surface area contributed by atoms with E-state index in [4.69, 9.17) is 16.0 Å². The summed E-state index contributed by atoms with van der Waals surface area (Å²) in [7, 11) is 0. The van der Waals surface area contributed by atoms with Crippen LogP contribution in [0.4, 0.5) is 13.2 Å². The Kier molecular flexibility index (Phi) is 3.91. The number of ether oxygens (including phenoxy) is 1. The Labute approximate surface area is 111 Å². The Bertz CT molecular complexity index is 568. The van der Waals surface area contributed by atoms with E-state index in [1.807, 2.05) is 0 Å². The number of rotatable bonds is 4. The lowest BCUT2D eigenvalue weighted by Gasteiger charge is -2.11. The predicted molar refractivity (Wildman–Crippen MR) is 61.3 cm³/mol. The van der Waals surface area contributed by atoms with Crippen molar-refractivity contribution < 1.29 is 22.4 Å². The molecule has 1 aromatic carbocycles. The normalized spacial score (nSPS) is 13.2. The second kappa shape index (κ2) is 5.47. The van der Waals surface area contributed by atoms with Gasteiger partial charge in [-0.2, -0.15) is 4.98 Å². The van der Waals surface area contributed by atoms with Gasteiger partial charge in [-0.15, -0.1) is 13.2 Å². The summed E-state index contributed by atoms with van der Waals surface area (Å²) in [6, 6.07) is 4.38. The van der Waals surface area contributed by atoms with Gasteiger partial charge in [-0.25, -0.2) is 0 Å². The molecular weight excluding hydrogens is 277 g/mol. The van der Waals surface area contributed by atoms with Crippen molar-refractivity contribution in [2.75, 3.05) is 0 Å². The van der Waals surface area contributed by atoms with Crippen LogP contribution < -0.4 is 16.2 Å². The minimum atomic E-state index is -4.73. The molecule has 20 heavy (non-hydrogen) atoms. The first kappa shape index (κ1) is 14.3. The quantitative estimate of drug-likeness (QED) is 0.883. The van der Waals surface area contributed by atoms with Gasteiger partial charge in [0, 0.05) is 0 Å². The van der Waals surface area contributed by atoms with Crippen molar-refractivity contribution in [3.8, 4) is 5.75 Å². The number of benzene rings is 1. The fourth-order valence-corrected chi connectivity index (χ4v) is 1.50. The van der Waals surface area contributed by atoms with Gasteiger partial charge in [0.1, 0.15) is 5.75 Å². The number of hydrogen-bond acceptors (Lipinski definition) is 6. The monoisotopic (exact) mass is 288 g/mol. The molecule has 0 amide bonds. The molecule has 1 atom stereocenters. The van der Waals surface area contributed by atoms with Crippen LogP contribution in [0.3, 0.4) is 0 Å². The van der Waals surface area contributed by atoms with Crippen molar-refractivity contribution in [1.82, 2.24) is 10.1 Å². The fraction of sp³-hybridized carbons (Fsp3) is 0.273. The Morgan fingerprint density at radius 3 is 2.40 bits per heavy atom. The summed E-state index contributed by atoms with van der Waals surface area (Å²) in [5.41, 5.74) is 11.7. The van der Waals surface area contributed by atoms with Gasteiger partial charge >= 0.3 is 6.36 Å². The molecule has 0 radical (unpaired) electrons. The van der Waals surface area contributed by atoms with Gasteiger partial charge in [0.2, 0.25) is 5.89 Å². The molecule has 0 aliphatic heterocycles. The molecular formula is C11H11F3N4O2. The van der Waals surface area contributed by atoms with Crippen LogP contribution in [0, 0.1) is 0 Å². The van der Waals surface area contributed by atoms with E-state index in [9.17, 15) is 13.2 Å². The van der Waals surface area contributed by atoms with Gasteiger partial charge in [-0.3, -0.25) is 0 Å². The summed E-state index contributed by atoms with van der Waals surface area (Å²) in [6.45, 7) is 0.0814. The third-order valence-corrected chi connectivity index (χ3v) is 2.41. The summed E-state index contributed by atoms with van der Waals surface area (Å²) in [4.78, 5) is 3.95. The number of aromatic nitrogens is 2. The zero-order valence-corrected chi connectivity index (χ0v) is 10.1. The molecule has 108 valence electrons. The zero-order valence-electron chi connectivity index (χ0n) is 10.1. The van der Waals surface area contributed by atoms with Crippen molar-refractivity contribution in [3.63, 3.8) is 0 Å². The maximum Gasteiger partial charge on any atom is 0.573 e. The van der Waals surface area contributed by atoms with Gasteiger partial charge in [0.05, 0.1) is 12.6 Å². The standard InChI is InChI=1S/C11H11F3N4O2/c12-11(13,14)19-7-3-1-6(2-4-7)9(16)10-17-8(5-15)20-18-10/h1-4,9H,5,15-16H2. The molecule has 0 spiro atoms. The maximum absolute atomic E-state index is 12.0. The highest BCUT2D eigenvalue weighted by atomic mass is 19.4. The third-order valence-electron chi connectivity index (χ3n) is 2.41. The molecule has 0 bridgehead atoms. The molecule has 9 heteroatoms. The largest absolute Gasteiger partial charge is 0.573 e. The van der Waals surface area contributed by atoms with Crippen LogP contribution in [0.1, 0.15) is 23.3 Å². The Morgan fingerprint density at radius 2 is 1.90 bits per heavy atom. The van der Waals surface area contributed by atoms with Crippen LogP contribution in [0.25, 0.3) is 0 Å². The highest BCUT2D eigenvalue weighted by molar-refractivity contribution is 5.31. The smallest absolute Gasteiger partial charge is 0.406 e. The first-order chi connectivity index (χ1) is 9.39. The van der Waals surface area contributed by atoms with E-state index in [-0.39, 0.29) is 24.0 Å². The first-order valence-electron chi connectivity index (χ1n) is 5.53. The molecule has 2 aromatic rings. The van der Waals surface area contributed by atoms with Crippen LogP contribution in [-0.4, -0.2) is 16.5 Å². The SMILES string of the molecule is NCc1nc(C(N)c2ccc(OC(F)(F)F)cc2)no1. The van der Waals surface area contributed by atoms with E-state index in [1.54, 1.807) is 0 Å². The van der Waals surface area contributed by atoms with E-state index >= 15 is 0 Å². The van der Waals surface area contributed by atoms with E-state index in [2.05, 4.69) is 14.9 Å². The van der Waals surface area contributed by atoms with Crippen LogP contribution >= 0.6 is 0 Å². The number of halogens is 3. The minimum Gasteiger partial charge on any atom is -0.406 e. The van der Waals surface area contributed by atoms with Crippen molar-refractivity contribution in [3.05, 3.63) is 41.5 Å². The lowest BCUT2D eigenvalue weighted by molar-refractivity contribution is -0.274. The summed E-state index contributed by atoms with van der Waals surface area (Å²) in [5, 5.41) is 3.64. The average molecular weight is 288 g/mol. The molecule has 0 aliphatic carbocycles. The van der Waals surface area contributed by atoms with Crippen LogP contribution in [0.5, 0.6) is 5.75 Å². The van der Waals surface area contributed by atoms with Gasteiger partial charge in [-0.1, -0.05) is 17.3 Å². The van der Waals surface area contributed by atoms with Crippen molar-refractivity contribution >= 4 is 0 Å². The first-order valence-corrected chi connectivity index (χ1v) is 5.53. The maximum atomic E-state index is 12.0. The van der Waals surface area contributed by atoms with Crippen molar-refractivity contribution in [2.45, 2.75) is 18.9 Å². The zero-order chi connectivity index (χ0) is 14.8. The van der Waals surface area contributed by atoms with Crippen molar-refractivity contribution in [2.24, 2.45) is 11.5 Å². The summed E-state index contributed by atoms with van der Waals surface area (Å²) in [5.74, 6) is 0.103. The Morgan fingerprint density at radius 1 is 1.25 bits per heavy atom. The molecule has 1 aromatic heterocycles. The van der Waals surface area contributed by atoms with E-state index in [1.165, 1.54) is 12.1 Å². The molecule has 0 aliphatic rings. The van der Waals surface area contributed by atoms with Gasteiger partial charge in [0.25, 0.3) is 0 Å². The van der Waals surface area contributed by atoms with Gasteiger partial charge in [-0.05, 0) is 17.7 Å². The second-order valence-corrected chi connectivity index (χ2v) is 3.84. The Balaban J connectivity index is 2.13. The number of hydrogen-bond donors (Lipinski definition) is 2. The molecule has 2 rings (SSSR count). The van der Waals surface area contributed by atoms with Crippen LogP contribution in [-0.2, 0) is 6.54 Å². The number of alkyl halides is 3. The fourth-order valence-electron chi connectivity index (χ4n) is 1.50. The molecule has 0 saturated heterocycles. The van der Waals surface area contributed by atoms with E-state index in [0.29, 0.717) is 5.56 Å². The lowest BCUT2D eigenvalue weighted by Crippen LogP contribution is -2.17. The van der Waals surface area contributed by atoms with Gasteiger partial charge < -0.3 is 20.7 Å². The van der Waals surface area contributed by atoms with Crippen molar-refractivity contribution in [1.29, 1.82) is 0 Å². The highest BCUT2D eigenvalue weighted by Crippen LogP contribution is 2.25. The molecule has 4 N–H and O–H groups in total. The third kappa shape index (κ3) is 3.45. The highest BCUT2D eigenvalue weighted by Gasteiger charge is 2.31. The predicted octanol–water partition coefficient (Wildman–Crippen LogP) is 1.47. The molecule has 1 heterocycles. The Hall–Kier alpha value is -2.13. The van der Waals surface area contributed by atoms with E-state index in [0.717, 1.165) is 12.1 Å². The van der Waals surface area contributed by atoms with Gasteiger partial charge in [0.15, 0.2) is 5.82 Å². The topological polar surface area (TPSA) is 100 Å². The number of nitrogens with zero attached hydrogens (tertiary/aromatic N) is 2. The summed E-state index contributed by atoms with van der Waals surface area (Å²) >= 11 is 0. The van der Waals surface area contributed by atoms with E-state index < -0.39 is 12.4 Å². The van der Waals surface area contributed by atoms with Crippen LogP contribution in [0.2, 0.25) is 0 Å². The molecule has 6 nitrogen and oxygen atoms in total. The molecule has 0 fully saturated rings. The minimum absolute atomic E-state index is 0.0814. The molecule has 0 saturated carbocycles. The second-order valence-electron chi connectivity index (χ2n) is 3.84. The average Bonchev–Trinajstić information content (AvgIpc) is 2.85. The lowest BCUT2D eigenvalue weighted by atomic mass is 10.1.